The number of aromatic nitrogens is 1. The van der Waals surface area contributed by atoms with Gasteiger partial charge in [0.2, 0.25) is 0 Å². The summed E-state index contributed by atoms with van der Waals surface area (Å²) in [6, 6.07) is 19.5. The molecule has 0 fully saturated rings. The minimum absolute atomic E-state index is 0.212. The van der Waals surface area contributed by atoms with Gasteiger partial charge in [0, 0.05) is 11.3 Å². The molecule has 3 nitrogen and oxygen atoms in total. The summed E-state index contributed by atoms with van der Waals surface area (Å²) in [5.74, 6) is -0.212. The van der Waals surface area contributed by atoms with Gasteiger partial charge in [0.1, 0.15) is 5.01 Å². The molecule has 0 bridgehead atoms. The van der Waals surface area contributed by atoms with Crippen molar-refractivity contribution in [2.45, 2.75) is 13.8 Å². The molecular weight excluding hydrogens is 376 g/mol. The van der Waals surface area contributed by atoms with Crippen LogP contribution in [0.4, 0.5) is 5.69 Å². The lowest BCUT2D eigenvalue weighted by molar-refractivity contribution is 0.102. The Labute approximate surface area is 166 Å². The Balaban J connectivity index is 1.60. The van der Waals surface area contributed by atoms with Gasteiger partial charge >= 0.3 is 0 Å². The van der Waals surface area contributed by atoms with Crippen molar-refractivity contribution in [1.82, 2.24) is 4.98 Å². The minimum atomic E-state index is -0.212. The highest BCUT2D eigenvalue weighted by molar-refractivity contribution is 7.21. The number of fused-ring (bicyclic) bond motifs is 1. The van der Waals surface area contributed by atoms with Crippen molar-refractivity contribution in [3.63, 3.8) is 0 Å². The van der Waals surface area contributed by atoms with E-state index in [0.717, 1.165) is 37.6 Å². The largest absolute Gasteiger partial charge is 0.322 e. The smallest absolute Gasteiger partial charge is 0.257 e. The maximum atomic E-state index is 12.6. The van der Waals surface area contributed by atoms with E-state index in [2.05, 4.69) is 11.4 Å². The molecule has 134 valence electrons. The van der Waals surface area contributed by atoms with Crippen LogP contribution in [0.25, 0.3) is 20.8 Å². The molecule has 0 radical (unpaired) electrons. The van der Waals surface area contributed by atoms with Gasteiger partial charge in [-0.25, -0.2) is 4.98 Å². The monoisotopic (exact) mass is 392 g/mol. The van der Waals surface area contributed by atoms with Crippen LogP contribution >= 0.6 is 22.9 Å². The number of amides is 1. The first-order chi connectivity index (χ1) is 13.0. The summed E-state index contributed by atoms with van der Waals surface area (Å²) >= 11 is 7.87. The van der Waals surface area contributed by atoms with E-state index in [4.69, 9.17) is 16.6 Å². The van der Waals surface area contributed by atoms with Crippen molar-refractivity contribution in [2.24, 2.45) is 0 Å². The third kappa shape index (κ3) is 3.59. The van der Waals surface area contributed by atoms with Crippen LogP contribution in [0.5, 0.6) is 0 Å². The molecule has 0 aliphatic heterocycles. The molecule has 4 aromatic rings. The summed E-state index contributed by atoms with van der Waals surface area (Å²) in [6.45, 7) is 3.92. The summed E-state index contributed by atoms with van der Waals surface area (Å²) in [6.07, 6.45) is 0. The molecule has 0 atom stereocenters. The molecule has 27 heavy (non-hydrogen) atoms. The lowest BCUT2D eigenvalue weighted by Gasteiger charge is -2.11. The summed E-state index contributed by atoms with van der Waals surface area (Å²) in [5.41, 5.74) is 5.27. The molecule has 1 N–H and O–H groups in total. The van der Waals surface area contributed by atoms with Gasteiger partial charge in [-0.2, -0.15) is 0 Å². The number of carbonyl (C=O) groups is 1. The molecule has 0 aliphatic rings. The first-order valence-corrected chi connectivity index (χ1v) is 9.75. The Morgan fingerprint density at radius 3 is 2.59 bits per heavy atom. The number of aryl methyl sites for hydroxylation is 2. The molecule has 1 aromatic heterocycles. The number of benzene rings is 3. The number of hydrogen-bond donors (Lipinski definition) is 1. The quantitative estimate of drug-likeness (QED) is 0.433. The van der Waals surface area contributed by atoms with Gasteiger partial charge in [-0.1, -0.05) is 29.8 Å². The number of thiazole rings is 1. The fraction of sp³-hybridized carbons (Fsp3) is 0.0909. The number of nitrogens with zero attached hydrogens (tertiary/aromatic N) is 1. The van der Waals surface area contributed by atoms with Crippen LogP contribution in [0.2, 0.25) is 5.02 Å². The Morgan fingerprint density at radius 2 is 1.85 bits per heavy atom. The van der Waals surface area contributed by atoms with Gasteiger partial charge < -0.3 is 5.32 Å². The second kappa shape index (κ2) is 7.14. The van der Waals surface area contributed by atoms with Crippen molar-refractivity contribution in [2.75, 3.05) is 5.32 Å². The van der Waals surface area contributed by atoms with Crippen molar-refractivity contribution in [3.8, 4) is 10.6 Å². The SMILES string of the molecule is Cc1ccc(C(=O)Nc2ccc(-c3nc4ccccc4s3)cc2C)c(Cl)c1. The van der Waals surface area contributed by atoms with Gasteiger partial charge in [-0.15, -0.1) is 11.3 Å². The Bertz CT molecular complexity index is 1130. The van der Waals surface area contributed by atoms with Crippen LogP contribution < -0.4 is 5.32 Å². The summed E-state index contributed by atoms with van der Waals surface area (Å²) in [4.78, 5) is 17.3. The van der Waals surface area contributed by atoms with E-state index in [1.54, 1.807) is 23.5 Å². The topological polar surface area (TPSA) is 42.0 Å². The second-order valence-electron chi connectivity index (χ2n) is 6.45. The zero-order valence-electron chi connectivity index (χ0n) is 14.9. The zero-order chi connectivity index (χ0) is 19.0. The van der Waals surface area contributed by atoms with Crippen molar-refractivity contribution in [3.05, 3.63) is 82.4 Å². The van der Waals surface area contributed by atoms with E-state index in [9.17, 15) is 4.79 Å². The van der Waals surface area contributed by atoms with Gasteiger partial charge in [0.25, 0.3) is 5.91 Å². The van der Waals surface area contributed by atoms with Crippen molar-refractivity contribution < 1.29 is 4.79 Å². The number of hydrogen-bond acceptors (Lipinski definition) is 3. The van der Waals surface area contributed by atoms with Crippen LogP contribution in [0.1, 0.15) is 21.5 Å². The van der Waals surface area contributed by atoms with E-state index in [1.807, 2.05) is 56.3 Å². The third-order valence-electron chi connectivity index (χ3n) is 4.38. The predicted octanol–water partition coefficient (Wildman–Crippen LogP) is 6.49. The Kier molecular flexibility index (Phi) is 4.68. The lowest BCUT2D eigenvalue weighted by Crippen LogP contribution is -2.13. The first kappa shape index (κ1) is 17.7. The van der Waals surface area contributed by atoms with E-state index in [0.29, 0.717) is 10.6 Å². The highest BCUT2D eigenvalue weighted by atomic mass is 35.5. The number of anilines is 1. The van der Waals surface area contributed by atoms with Gasteiger partial charge in [0.05, 0.1) is 20.8 Å². The summed E-state index contributed by atoms with van der Waals surface area (Å²) in [5, 5.41) is 4.38. The molecule has 4 rings (SSSR count). The van der Waals surface area contributed by atoms with Crippen LogP contribution in [0.15, 0.2) is 60.7 Å². The maximum Gasteiger partial charge on any atom is 0.257 e. The van der Waals surface area contributed by atoms with Crippen LogP contribution in [-0.4, -0.2) is 10.9 Å². The number of halogens is 1. The maximum absolute atomic E-state index is 12.6. The number of carbonyl (C=O) groups excluding carboxylic acids is 1. The highest BCUT2D eigenvalue weighted by Crippen LogP contribution is 2.32. The highest BCUT2D eigenvalue weighted by Gasteiger charge is 2.13. The standard InChI is InChI=1S/C22H17ClN2OS/c1-13-7-9-16(17(23)11-13)21(26)24-18-10-8-15(12-14(18)2)22-25-19-5-3-4-6-20(19)27-22/h3-12H,1-2H3,(H,24,26). The van der Waals surface area contributed by atoms with Gasteiger partial charge in [-0.05, 0) is 67.4 Å². The van der Waals surface area contributed by atoms with Crippen LogP contribution in [0.3, 0.4) is 0 Å². The number of rotatable bonds is 3. The Hall–Kier alpha value is -2.69. The van der Waals surface area contributed by atoms with E-state index >= 15 is 0 Å². The Morgan fingerprint density at radius 1 is 1.04 bits per heavy atom. The number of para-hydroxylation sites is 1. The van der Waals surface area contributed by atoms with E-state index < -0.39 is 0 Å². The third-order valence-corrected chi connectivity index (χ3v) is 5.78. The molecule has 0 saturated heterocycles. The zero-order valence-corrected chi connectivity index (χ0v) is 16.5. The first-order valence-electron chi connectivity index (χ1n) is 8.55. The summed E-state index contributed by atoms with van der Waals surface area (Å²) < 4.78 is 1.16. The molecule has 1 heterocycles. The fourth-order valence-corrected chi connectivity index (χ4v) is 4.21. The molecule has 1 amide bonds. The summed E-state index contributed by atoms with van der Waals surface area (Å²) in [7, 11) is 0. The van der Waals surface area contributed by atoms with Gasteiger partial charge in [-0.3, -0.25) is 4.79 Å². The molecule has 0 saturated carbocycles. The molecular formula is C22H17ClN2OS. The lowest BCUT2D eigenvalue weighted by atomic mass is 10.1. The van der Waals surface area contributed by atoms with Crippen LogP contribution in [-0.2, 0) is 0 Å². The molecule has 0 aliphatic carbocycles. The minimum Gasteiger partial charge on any atom is -0.322 e. The average molecular weight is 393 g/mol. The molecule has 3 aromatic carbocycles. The normalized spacial score (nSPS) is 10.9. The average Bonchev–Trinajstić information content (AvgIpc) is 3.07. The van der Waals surface area contributed by atoms with Crippen LogP contribution in [0, 0.1) is 13.8 Å². The number of nitrogens with one attached hydrogen (secondary N) is 1. The van der Waals surface area contributed by atoms with Gasteiger partial charge in [0.15, 0.2) is 0 Å². The molecule has 0 spiro atoms. The molecule has 5 heteroatoms. The fourth-order valence-electron chi connectivity index (χ4n) is 2.93. The van der Waals surface area contributed by atoms with Crippen molar-refractivity contribution in [1.29, 1.82) is 0 Å². The predicted molar refractivity (Wildman–Crippen MR) is 114 cm³/mol. The molecule has 0 unspecified atom stereocenters. The second-order valence-corrected chi connectivity index (χ2v) is 7.89. The van der Waals surface area contributed by atoms with Crippen molar-refractivity contribution >= 4 is 44.7 Å². The van der Waals surface area contributed by atoms with E-state index in [1.165, 1.54) is 0 Å². The van der Waals surface area contributed by atoms with E-state index in [-0.39, 0.29) is 5.91 Å².